The van der Waals surface area contributed by atoms with Crippen molar-refractivity contribution in [3.05, 3.63) is 71.3 Å². The molecule has 3 heteroatoms. The molecule has 0 aliphatic heterocycles. The molecule has 0 aromatic heterocycles. The molecule has 3 nitrogen and oxygen atoms in total. The van der Waals surface area contributed by atoms with E-state index in [0.29, 0.717) is 18.4 Å². The first kappa shape index (κ1) is 23.6. The predicted molar refractivity (Wildman–Crippen MR) is 134 cm³/mol. The van der Waals surface area contributed by atoms with Crippen LogP contribution in [0, 0.1) is 34.0 Å². The van der Waals surface area contributed by atoms with Crippen molar-refractivity contribution in [1.29, 1.82) is 5.26 Å². The van der Waals surface area contributed by atoms with Gasteiger partial charge in [-0.2, -0.15) is 5.26 Å². The first-order valence-electron chi connectivity index (χ1n) is 12.3. The Kier molecular flexibility index (Phi) is 6.96. The third-order valence-corrected chi connectivity index (χ3v) is 8.47. The summed E-state index contributed by atoms with van der Waals surface area (Å²) < 4.78 is 11.8. The van der Waals surface area contributed by atoms with Gasteiger partial charge in [-0.15, -0.1) is 0 Å². The highest BCUT2D eigenvalue weighted by Gasteiger charge is 2.55. The maximum absolute atomic E-state index is 9.21. The lowest BCUT2D eigenvalue weighted by molar-refractivity contribution is -0.154. The van der Waals surface area contributed by atoms with E-state index in [4.69, 9.17) is 9.47 Å². The number of fused-ring (bicyclic) bond motifs is 1. The topological polar surface area (TPSA) is 42.2 Å². The molecule has 4 rings (SSSR count). The van der Waals surface area contributed by atoms with Crippen molar-refractivity contribution >= 4 is 6.08 Å². The molecule has 0 saturated heterocycles. The minimum atomic E-state index is 0.132. The molecular formula is C30H37NO2. The summed E-state index contributed by atoms with van der Waals surface area (Å²) in [6.07, 6.45) is 11.0. The normalized spacial score (nSPS) is 28.8. The van der Waals surface area contributed by atoms with Crippen molar-refractivity contribution < 1.29 is 9.47 Å². The van der Waals surface area contributed by atoms with Gasteiger partial charge in [0.05, 0.1) is 31.5 Å². The highest BCUT2D eigenvalue weighted by Crippen LogP contribution is 2.60. The van der Waals surface area contributed by atoms with Crippen LogP contribution in [0.2, 0.25) is 0 Å². The van der Waals surface area contributed by atoms with Gasteiger partial charge in [0, 0.05) is 0 Å². The second kappa shape index (κ2) is 9.74. The molecule has 2 fully saturated rings. The van der Waals surface area contributed by atoms with Crippen LogP contribution in [0.3, 0.4) is 0 Å². The van der Waals surface area contributed by atoms with Crippen LogP contribution in [0.15, 0.2) is 54.6 Å². The van der Waals surface area contributed by atoms with Gasteiger partial charge in [0.25, 0.3) is 0 Å². The fraction of sp³-hybridized carbons (Fsp3) is 0.500. The number of hydrogen-bond donors (Lipinski definition) is 0. The molecule has 2 aromatic rings. The molecule has 0 spiro atoms. The highest BCUT2D eigenvalue weighted by molar-refractivity contribution is 5.52. The zero-order valence-electron chi connectivity index (χ0n) is 20.5. The van der Waals surface area contributed by atoms with Gasteiger partial charge < -0.3 is 9.47 Å². The molecule has 2 aliphatic carbocycles. The van der Waals surface area contributed by atoms with Crippen molar-refractivity contribution in [3.8, 4) is 11.8 Å². The van der Waals surface area contributed by atoms with E-state index in [0.717, 1.165) is 23.3 Å². The Morgan fingerprint density at radius 3 is 2.58 bits per heavy atom. The van der Waals surface area contributed by atoms with Crippen LogP contribution in [0.4, 0.5) is 0 Å². The van der Waals surface area contributed by atoms with E-state index < -0.39 is 0 Å². The zero-order chi connectivity index (χ0) is 23.5. The molecule has 2 aromatic carbocycles. The van der Waals surface area contributed by atoms with Gasteiger partial charge in [0.2, 0.25) is 0 Å². The number of rotatable bonds is 6. The summed E-state index contributed by atoms with van der Waals surface area (Å²) >= 11 is 0. The number of ether oxygens (including phenoxy) is 2. The van der Waals surface area contributed by atoms with Crippen LogP contribution >= 0.6 is 0 Å². The van der Waals surface area contributed by atoms with E-state index >= 15 is 0 Å². The average Bonchev–Trinajstić information content (AvgIpc) is 2.83. The number of methoxy groups -OCH3 is 1. The number of hydrogen-bond acceptors (Lipinski definition) is 3. The monoisotopic (exact) mass is 443 g/mol. The standard InChI is InChI=1S/C30H37NO2/c1-29(2)27-10-6-9-25(14-11-22-7-5-8-24(19-22)20-31)30(27,3)18-17-28(29)33-21-23-12-15-26(32-4)16-13-23/h5,7-8,11-16,19,25,27-28H,6,9-10,17-18,21H2,1-4H3/b14-11+/t25-,27?,28+,30-/m1/s1. The highest BCUT2D eigenvalue weighted by atomic mass is 16.5. The number of nitrogens with zero attached hydrogens (tertiary/aromatic N) is 1. The summed E-state index contributed by atoms with van der Waals surface area (Å²) in [7, 11) is 1.70. The molecule has 0 heterocycles. The minimum Gasteiger partial charge on any atom is -0.497 e. The van der Waals surface area contributed by atoms with Crippen LogP contribution in [0.1, 0.15) is 69.6 Å². The Morgan fingerprint density at radius 2 is 1.85 bits per heavy atom. The Labute approximate surface area is 199 Å². The predicted octanol–water partition coefficient (Wildman–Crippen LogP) is 7.41. The van der Waals surface area contributed by atoms with Crippen molar-refractivity contribution in [3.63, 3.8) is 0 Å². The average molecular weight is 444 g/mol. The Balaban J connectivity index is 1.47. The van der Waals surface area contributed by atoms with E-state index in [-0.39, 0.29) is 16.9 Å². The van der Waals surface area contributed by atoms with E-state index in [1.807, 2.05) is 30.3 Å². The second-order valence-electron chi connectivity index (χ2n) is 10.7. The summed E-state index contributed by atoms with van der Waals surface area (Å²) in [5, 5.41) is 9.21. The molecule has 2 aliphatic rings. The van der Waals surface area contributed by atoms with Gasteiger partial charge in [-0.05, 0) is 83.7 Å². The lowest BCUT2D eigenvalue weighted by Crippen LogP contribution is -2.54. The molecule has 33 heavy (non-hydrogen) atoms. The first-order chi connectivity index (χ1) is 15.9. The molecule has 0 N–H and O–H groups in total. The zero-order valence-corrected chi connectivity index (χ0v) is 20.5. The summed E-state index contributed by atoms with van der Waals surface area (Å²) in [5.74, 6) is 2.07. The van der Waals surface area contributed by atoms with E-state index in [2.05, 4.69) is 57.2 Å². The maximum Gasteiger partial charge on any atom is 0.118 e. The summed E-state index contributed by atoms with van der Waals surface area (Å²) in [6, 6.07) is 18.4. The summed E-state index contributed by atoms with van der Waals surface area (Å²) in [5.41, 5.74) is 3.46. The van der Waals surface area contributed by atoms with Crippen LogP contribution in [-0.2, 0) is 11.3 Å². The van der Waals surface area contributed by atoms with Crippen LogP contribution in [0.5, 0.6) is 5.75 Å². The van der Waals surface area contributed by atoms with Crippen molar-refractivity contribution in [2.45, 2.75) is 65.6 Å². The first-order valence-corrected chi connectivity index (χ1v) is 12.3. The Bertz CT molecular complexity index is 1020. The largest absolute Gasteiger partial charge is 0.497 e. The third-order valence-electron chi connectivity index (χ3n) is 8.47. The van der Waals surface area contributed by atoms with Crippen molar-refractivity contribution in [2.75, 3.05) is 7.11 Å². The minimum absolute atomic E-state index is 0.132. The lowest BCUT2D eigenvalue weighted by Gasteiger charge is -2.59. The quantitative estimate of drug-likeness (QED) is 0.467. The van der Waals surface area contributed by atoms with Crippen LogP contribution in [0.25, 0.3) is 6.08 Å². The lowest BCUT2D eigenvalue weighted by atomic mass is 9.47. The molecule has 4 atom stereocenters. The van der Waals surface area contributed by atoms with Gasteiger partial charge in [-0.1, -0.05) is 63.6 Å². The molecule has 174 valence electrons. The van der Waals surface area contributed by atoms with Crippen LogP contribution in [-0.4, -0.2) is 13.2 Å². The Morgan fingerprint density at radius 1 is 1.06 bits per heavy atom. The summed E-state index contributed by atoms with van der Waals surface area (Å²) in [4.78, 5) is 0. The molecular weight excluding hydrogens is 406 g/mol. The number of nitriles is 1. The van der Waals surface area contributed by atoms with Gasteiger partial charge >= 0.3 is 0 Å². The molecule has 0 bridgehead atoms. The van der Waals surface area contributed by atoms with E-state index in [1.165, 1.54) is 31.2 Å². The number of allylic oxidation sites excluding steroid dienone is 1. The maximum atomic E-state index is 9.21. The molecule has 1 unspecified atom stereocenters. The van der Waals surface area contributed by atoms with Crippen molar-refractivity contribution in [1.82, 2.24) is 0 Å². The Hall–Kier alpha value is -2.57. The van der Waals surface area contributed by atoms with Gasteiger partial charge in [-0.25, -0.2) is 0 Å². The fourth-order valence-electron chi connectivity index (χ4n) is 6.55. The van der Waals surface area contributed by atoms with Crippen molar-refractivity contribution in [2.24, 2.45) is 22.7 Å². The summed E-state index contributed by atoms with van der Waals surface area (Å²) in [6.45, 7) is 8.02. The molecule has 2 saturated carbocycles. The SMILES string of the molecule is COc1ccc(CO[C@H]2CC[C@@]3(C)C(CCC[C@@H]3/C=C/c3cccc(C#N)c3)C2(C)C)cc1. The van der Waals surface area contributed by atoms with Gasteiger partial charge in [0.15, 0.2) is 0 Å². The molecule has 0 amide bonds. The van der Waals surface area contributed by atoms with E-state index in [1.54, 1.807) is 7.11 Å². The van der Waals surface area contributed by atoms with E-state index in [9.17, 15) is 5.26 Å². The van der Waals surface area contributed by atoms with Gasteiger partial charge in [-0.3, -0.25) is 0 Å². The van der Waals surface area contributed by atoms with Gasteiger partial charge in [0.1, 0.15) is 5.75 Å². The third kappa shape index (κ3) is 4.87. The smallest absolute Gasteiger partial charge is 0.118 e. The number of benzene rings is 2. The fourth-order valence-corrected chi connectivity index (χ4v) is 6.55. The molecule has 0 radical (unpaired) electrons. The second-order valence-corrected chi connectivity index (χ2v) is 10.7. The van der Waals surface area contributed by atoms with Crippen LogP contribution < -0.4 is 4.74 Å².